The van der Waals surface area contributed by atoms with Gasteiger partial charge in [-0.1, -0.05) is 23.7 Å². The second-order valence-corrected chi connectivity index (χ2v) is 8.14. The summed E-state index contributed by atoms with van der Waals surface area (Å²) in [6.07, 6.45) is 9.40. The smallest absolute Gasteiger partial charge is 0.251 e. The number of alkyl halides is 2. The van der Waals surface area contributed by atoms with E-state index in [0.717, 1.165) is 44.0 Å². The molecular formula is C21H25ClF2N2. The number of allylic oxidation sites excluding steroid dienone is 1. The minimum Gasteiger partial charge on any atom is -0.373 e. The summed E-state index contributed by atoms with van der Waals surface area (Å²) in [7, 11) is 0. The normalized spacial score (nSPS) is 25.3. The lowest BCUT2D eigenvalue weighted by molar-refractivity contribution is 0.0953. The number of rotatable bonds is 5. The number of piperidine rings is 1. The van der Waals surface area contributed by atoms with Crippen molar-refractivity contribution in [2.75, 3.05) is 26.2 Å². The minimum atomic E-state index is -2.39. The highest BCUT2D eigenvalue weighted by Gasteiger charge is 2.56. The Morgan fingerprint density at radius 1 is 1.12 bits per heavy atom. The summed E-state index contributed by atoms with van der Waals surface area (Å²) >= 11 is 5.98. The van der Waals surface area contributed by atoms with Gasteiger partial charge in [0.25, 0.3) is 5.92 Å². The molecule has 2 aliphatic heterocycles. The fourth-order valence-electron chi connectivity index (χ4n) is 4.03. The van der Waals surface area contributed by atoms with Gasteiger partial charge < -0.3 is 9.80 Å². The molecule has 2 fully saturated rings. The highest BCUT2D eigenvalue weighted by atomic mass is 35.5. The summed E-state index contributed by atoms with van der Waals surface area (Å²) in [4.78, 5) is 4.58. The van der Waals surface area contributed by atoms with Gasteiger partial charge in [0.1, 0.15) is 0 Å². The van der Waals surface area contributed by atoms with Gasteiger partial charge in [-0.15, -0.1) is 0 Å². The molecule has 2 heterocycles. The van der Waals surface area contributed by atoms with Crippen molar-refractivity contribution in [1.82, 2.24) is 9.80 Å². The quantitative estimate of drug-likeness (QED) is 0.688. The van der Waals surface area contributed by atoms with Crippen LogP contribution in [0, 0.1) is 5.92 Å². The van der Waals surface area contributed by atoms with Crippen molar-refractivity contribution in [2.45, 2.75) is 37.5 Å². The molecule has 1 aromatic carbocycles. The van der Waals surface area contributed by atoms with Crippen LogP contribution in [0.1, 0.15) is 37.2 Å². The predicted molar refractivity (Wildman–Crippen MR) is 101 cm³/mol. The van der Waals surface area contributed by atoms with E-state index in [1.54, 1.807) is 0 Å². The molecule has 4 rings (SSSR count). The molecule has 0 radical (unpaired) electrons. The van der Waals surface area contributed by atoms with Crippen LogP contribution in [0.2, 0.25) is 5.02 Å². The topological polar surface area (TPSA) is 6.48 Å². The van der Waals surface area contributed by atoms with E-state index >= 15 is 0 Å². The van der Waals surface area contributed by atoms with E-state index in [1.807, 2.05) is 12.1 Å². The lowest BCUT2D eigenvalue weighted by Crippen LogP contribution is -2.34. The minimum absolute atomic E-state index is 0.0776. The van der Waals surface area contributed by atoms with E-state index in [0.29, 0.717) is 12.3 Å². The summed E-state index contributed by atoms with van der Waals surface area (Å²) in [6.45, 7) is 3.65. The fraction of sp³-hybridized carbons (Fsp3) is 0.524. The molecule has 0 amide bonds. The summed E-state index contributed by atoms with van der Waals surface area (Å²) in [5, 5.41) is 0.790. The Morgan fingerprint density at radius 2 is 1.81 bits per heavy atom. The Labute approximate surface area is 159 Å². The highest BCUT2D eigenvalue weighted by Crippen LogP contribution is 2.50. The molecule has 0 bridgehead atoms. The molecule has 5 heteroatoms. The van der Waals surface area contributed by atoms with Crippen LogP contribution in [-0.2, 0) is 0 Å². The van der Waals surface area contributed by atoms with Crippen molar-refractivity contribution in [2.24, 2.45) is 5.92 Å². The molecule has 1 saturated carbocycles. The van der Waals surface area contributed by atoms with E-state index < -0.39 is 11.8 Å². The Morgan fingerprint density at radius 3 is 2.38 bits per heavy atom. The molecular weight excluding hydrogens is 354 g/mol. The number of likely N-dealkylation sites (tertiary alicyclic amines) is 1. The van der Waals surface area contributed by atoms with Gasteiger partial charge in [-0.2, -0.15) is 0 Å². The molecule has 1 aliphatic carbocycles. The van der Waals surface area contributed by atoms with E-state index in [1.165, 1.54) is 11.3 Å². The van der Waals surface area contributed by atoms with Crippen LogP contribution in [0.3, 0.4) is 0 Å². The van der Waals surface area contributed by atoms with Crippen molar-refractivity contribution in [3.8, 4) is 0 Å². The van der Waals surface area contributed by atoms with Gasteiger partial charge >= 0.3 is 0 Å². The third-order valence-electron chi connectivity index (χ3n) is 5.91. The van der Waals surface area contributed by atoms with Crippen LogP contribution in [0.4, 0.5) is 8.78 Å². The molecule has 3 aliphatic rings. The second kappa shape index (κ2) is 7.22. The van der Waals surface area contributed by atoms with Crippen LogP contribution in [-0.4, -0.2) is 41.9 Å². The number of halogens is 3. The van der Waals surface area contributed by atoms with E-state index in [4.69, 9.17) is 11.6 Å². The van der Waals surface area contributed by atoms with Crippen molar-refractivity contribution < 1.29 is 8.78 Å². The molecule has 2 nitrogen and oxygen atoms in total. The lowest BCUT2D eigenvalue weighted by atomic mass is 9.89. The standard InChI is InChI=1S/C21H25ClF2N2/c22-19-3-1-16(2-4-19)17-5-13-26(14-6-17)20-8-11-25(12-9-20)10-7-18-15-21(18,23)24/h1-4,8-9,11,17-18H,5-7,10,12-15H2. The van der Waals surface area contributed by atoms with Crippen LogP contribution in [0.15, 0.2) is 48.3 Å². The van der Waals surface area contributed by atoms with Crippen LogP contribution < -0.4 is 0 Å². The Hall–Kier alpha value is -1.55. The molecule has 1 atom stereocenters. The zero-order valence-corrected chi connectivity index (χ0v) is 15.6. The monoisotopic (exact) mass is 378 g/mol. The zero-order valence-electron chi connectivity index (χ0n) is 14.9. The number of hydrogen-bond acceptors (Lipinski definition) is 2. The van der Waals surface area contributed by atoms with Crippen LogP contribution in [0.5, 0.6) is 0 Å². The largest absolute Gasteiger partial charge is 0.373 e. The van der Waals surface area contributed by atoms with E-state index in [2.05, 4.69) is 40.3 Å². The summed E-state index contributed by atoms with van der Waals surface area (Å²) in [5.74, 6) is -2.18. The number of benzene rings is 1. The molecule has 1 unspecified atom stereocenters. The number of nitrogens with zero attached hydrogens (tertiary/aromatic N) is 2. The van der Waals surface area contributed by atoms with Crippen LogP contribution in [0.25, 0.3) is 0 Å². The first kappa shape index (κ1) is 17.8. The third kappa shape index (κ3) is 4.06. The first-order valence-corrected chi connectivity index (χ1v) is 9.90. The van der Waals surface area contributed by atoms with Gasteiger partial charge in [-0.05, 0) is 55.0 Å². The molecule has 1 aromatic rings. The molecule has 0 N–H and O–H groups in total. The van der Waals surface area contributed by atoms with E-state index in [-0.39, 0.29) is 6.42 Å². The van der Waals surface area contributed by atoms with Crippen LogP contribution >= 0.6 is 11.6 Å². The van der Waals surface area contributed by atoms with Gasteiger partial charge in [-0.25, -0.2) is 8.78 Å². The molecule has 1 saturated heterocycles. The summed E-state index contributed by atoms with van der Waals surface area (Å²) < 4.78 is 25.9. The van der Waals surface area contributed by atoms with Crippen molar-refractivity contribution >= 4 is 11.6 Å². The maximum Gasteiger partial charge on any atom is 0.251 e. The van der Waals surface area contributed by atoms with Gasteiger partial charge in [0.05, 0.1) is 0 Å². The molecule has 26 heavy (non-hydrogen) atoms. The average molecular weight is 379 g/mol. The van der Waals surface area contributed by atoms with Gasteiger partial charge in [0, 0.05) is 55.4 Å². The molecule has 0 aromatic heterocycles. The maximum atomic E-state index is 13.0. The average Bonchev–Trinajstić information content (AvgIpc) is 3.28. The Bertz CT molecular complexity index is 690. The maximum absolute atomic E-state index is 13.0. The lowest BCUT2D eigenvalue weighted by Gasteiger charge is -2.36. The first-order valence-electron chi connectivity index (χ1n) is 9.52. The highest BCUT2D eigenvalue weighted by molar-refractivity contribution is 6.30. The fourth-order valence-corrected chi connectivity index (χ4v) is 4.16. The van der Waals surface area contributed by atoms with Gasteiger partial charge in [0.2, 0.25) is 0 Å². The second-order valence-electron chi connectivity index (χ2n) is 7.70. The Balaban J connectivity index is 1.24. The van der Waals surface area contributed by atoms with Gasteiger partial charge in [0.15, 0.2) is 0 Å². The van der Waals surface area contributed by atoms with Gasteiger partial charge in [-0.3, -0.25) is 0 Å². The van der Waals surface area contributed by atoms with E-state index in [9.17, 15) is 8.78 Å². The Kier molecular flexibility index (Phi) is 4.96. The molecule has 140 valence electrons. The first-order chi connectivity index (χ1) is 12.5. The SMILES string of the molecule is FC1(F)CC1CCN1C=CC(N2CCC(c3ccc(Cl)cc3)CC2)=CC1. The van der Waals surface area contributed by atoms with Crippen molar-refractivity contribution in [3.63, 3.8) is 0 Å². The van der Waals surface area contributed by atoms with Crippen molar-refractivity contribution in [1.29, 1.82) is 0 Å². The number of hydrogen-bond donors (Lipinski definition) is 0. The van der Waals surface area contributed by atoms with Crippen molar-refractivity contribution in [3.05, 3.63) is 58.9 Å². The summed E-state index contributed by atoms with van der Waals surface area (Å²) in [6, 6.07) is 8.23. The summed E-state index contributed by atoms with van der Waals surface area (Å²) in [5.41, 5.74) is 2.65. The zero-order chi connectivity index (χ0) is 18.1. The third-order valence-corrected chi connectivity index (χ3v) is 6.17. The molecule has 0 spiro atoms. The predicted octanol–water partition coefficient (Wildman–Crippen LogP) is 5.28.